The lowest BCUT2D eigenvalue weighted by molar-refractivity contribution is -0.152. The third-order valence-corrected chi connectivity index (χ3v) is 5.42. The van der Waals surface area contributed by atoms with Gasteiger partial charge in [-0.25, -0.2) is 14.9 Å². The maximum Gasteiger partial charge on any atom is 0.295 e. The van der Waals surface area contributed by atoms with Crippen molar-refractivity contribution in [3.8, 4) is 6.07 Å². The summed E-state index contributed by atoms with van der Waals surface area (Å²) in [5, 5.41) is 13.0. The number of H-pyrrole nitrogens is 1. The van der Waals surface area contributed by atoms with Gasteiger partial charge in [-0.15, -0.1) is 0 Å². The van der Waals surface area contributed by atoms with Crippen molar-refractivity contribution in [2.45, 2.75) is 37.6 Å². The third-order valence-electron chi connectivity index (χ3n) is 5.42. The summed E-state index contributed by atoms with van der Waals surface area (Å²) < 4.78 is 5.34. The molecule has 1 aliphatic carbocycles. The number of unbranched alkanes of at least 4 members (excludes halogenated alkanes) is 1. The lowest BCUT2D eigenvalue weighted by atomic mass is 10.1. The van der Waals surface area contributed by atoms with Crippen LogP contribution < -0.4 is 10.2 Å². The van der Waals surface area contributed by atoms with Crippen LogP contribution in [0, 0.1) is 11.3 Å². The predicted octanol–water partition coefficient (Wildman–Crippen LogP) is 0.962. The molecule has 9 heteroatoms. The van der Waals surface area contributed by atoms with E-state index in [-0.39, 0.29) is 5.54 Å². The molecule has 1 aliphatic heterocycles. The molecule has 9 nitrogen and oxygen atoms in total. The van der Waals surface area contributed by atoms with Gasteiger partial charge in [-0.05, 0) is 25.3 Å². The molecule has 1 saturated heterocycles. The van der Waals surface area contributed by atoms with Crippen molar-refractivity contribution in [2.75, 3.05) is 31.1 Å². The summed E-state index contributed by atoms with van der Waals surface area (Å²) in [5.74, 6) is 0.946. The second kappa shape index (κ2) is 7.50. The Kier molecular flexibility index (Phi) is 4.92. The van der Waals surface area contributed by atoms with Crippen LogP contribution >= 0.6 is 0 Å². The highest BCUT2D eigenvalue weighted by molar-refractivity contribution is 5.87. The number of fused-ring (bicyclic) bond motifs is 1. The molecule has 2 aromatic heterocycles. The van der Waals surface area contributed by atoms with Crippen molar-refractivity contribution in [1.82, 2.24) is 25.2 Å². The number of carbonyl (C=O) groups excluding carboxylic acids is 1. The number of aromatic nitrogens is 3. The van der Waals surface area contributed by atoms with E-state index in [1.165, 1.54) is 0 Å². The van der Waals surface area contributed by atoms with Gasteiger partial charge in [-0.1, -0.05) is 0 Å². The zero-order valence-electron chi connectivity index (χ0n) is 15.1. The third kappa shape index (κ3) is 3.46. The number of carbonyl (C=O) groups is 1. The summed E-state index contributed by atoms with van der Waals surface area (Å²) in [5.41, 5.74) is 0.829. The van der Waals surface area contributed by atoms with E-state index in [2.05, 4.69) is 36.1 Å². The molecule has 0 radical (unpaired) electrons. The van der Waals surface area contributed by atoms with E-state index < -0.39 is 6.35 Å². The largest absolute Gasteiger partial charge is 0.435 e. The van der Waals surface area contributed by atoms with Crippen LogP contribution in [0.25, 0.3) is 11.0 Å². The smallest absolute Gasteiger partial charge is 0.295 e. The van der Waals surface area contributed by atoms with Crippen LogP contribution in [0.5, 0.6) is 0 Å². The molecular formula is C18H23N7O2. The molecule has 0 amide bonds. The van der Waals surface area contributed by atoms with Crippen molar-refractivity contribution in [1.29, 1.82) is 5.26 Å². The van der Waals surface area contributed by atoms with Gasteiger partial charge in [-0.2, -0.15) is 5.26 Å². The van der Waals surface area contributed by atoms with Crippen molar-refractivity contribution in [3.05, 3.63) is 18.6 Å². The molecule has 0 aromatic carbocycles. The van der Waals surface area contributed by atoms with Gasteiger partial charge in [-0.3, -0.25) is 10.1 Å². The standard InChI is InChI=1S/C18H23N7O2/c19-6-1-2-7-21-17(27-13-26)25-10-9-24(11-18(25)4-5-18)16-14-3-8-20-15(14)22-12-23-16/h3,8,12-13,17,21H,1-2,4-5,7,9-11H2,(H,20,22,23). The second-order valence-corrected chi connectivity index (χ2v) is 7.08. The fourth-order valence-corrected chi connectivity index (χ4v) is 3.92. The van der Waals surface area contributed by atoms with E-state index in [1.54, 1.807) is 6.33 Å². The summed E-state index contributed by atoms with van der Waals surface area (Å²) in [6.07, 6.45) is 6.35. The first-order valence-electron chi connectivity index (χ1n) is 9.27. The van der Waals surface area contributed by atoms with Gasteiger partial charge in [0.25, 0.3) is 6.47 Å². The van der Waals surface area contributed by atoms with Gasteiger partial charge in [0.15, 0.2) is 0 Å². The van der Waals surface area contributed by atoms with E-state index in [9.17, 15) is 4.79 Å². The highest BCUT2D eigenvalue weighted by Crippen LogP contribution is 2.46. The maximum absolute atomic E-state index is 11.0. The molecule has 3 heterocycles. The first-order valence-corrected chi connectivity index (χ1v) is 9.27. The Hall–Kier alpha value is -2.70. The number of nitrogens with zero attached hydrogens (tertiary/aromatic N) is 5. The van der Waals surface area contributed by atoms with Crippen LogP contribution in [-0.4, -0.2) is 64.4 Å². The molecule has 27 heavy (non-hydrogen) atoms. The van der Waals surface area contributed by atoms with E-state index in [1.807, 2.05) is 12.3 Å². The second-order valence-electron chi connectivity index (χ2n) is 7.08. The van der Waals surface area contributed by atoms with E-state index >= 15 is 0 Å². The minimum absolute atomic E-state index is 0.0122. The fraction of sp³-hybridized carbons (Fsp3) is 0.556. The Morgan fingerprint density at radius 2 is 2.33 bits per heavy atom. The number of hydrogen-bond acceptors (Lipinski definition) is 8. The monoisotopic (exact) mass is 369 g/mol. The summed E-state index contributed by atoms with van der Waals surface area (Å²) in [6, 6.07) is 4.14. The van der Waals surface area contributed by atoms with Gasteiger partial charge in [0.2, 0.25) is 6.35 Å². The van der Waals surface area contributed by atoms with Gasteiger partial charge in [0, 0.05) is 44.3 Å². The summed E-state index contributed by atoms with van der Waals surface area (Å²) in [6.45, 7) is 3.52. The molecule has 2 fully saturated rings. The highest BCUT2D eigenvalue weighted by Gasteiger charge is 2.54. The van der Waals surface area contributed by atoms with E-state index in [0.29, 0.717) is 19.4 Å². The quantitative estimate of drug-likeness (QED) is 0.402. The normalized spacial score (nSPS) is 19.7. The minimum atomic E-state index is -0.455. The lowest BCUT2D eigenvalue weighted by Crippen LogP contribution is -2.62. The SMILES string of the molecule is N#CCCCNC(OC=O)N1CCN(c2ncnc3[nH]ccc23)CC12CC2. The average Bonchev–Trinajstić information content (AvgIpc) is 3.27. The van der Waals surface area contributed by atoms with Crippen molar-refractivity contribution in [2.24, 2.45) is 0 Å². The Morgan fingerprint density at radius 3 is 3.11 bits per heavy atom. The molecule has 2 aliphatic rings. The van der Waals surface area contributed by atoms with Crippen LogP contribution in [0.2, 0.25) is 0 Å². The molecule has 4 rings (SSSR count). The lowest BCUT2D eigenvalue weighted by Gasteiger charge is -2.45. The van der Waals surface area contributed by atoms with Crippen molar-refractivity contribution < 1.29 is 9.53 Å². The van der Waals surface area contributed by atoms with Crippen molar-refractivity contribution >= 4 is 23.3 Å². The Morgan fingerprint density at radius 1 is 1.44 bits per heavy atom. The molecular weight excluding hydrogens is 346 g/mol. The molecule has 2 N–H and O–H groups in total. The highest BCUT2D eigenvalue weighted by atomic mass is 16.6. The van der Waals surface area contributed by atoms with Crippen molar-refractivity contribution in [3.63, 3.8) is 0 Å². The summed E-state index contributed by atoms with van der Waals surface area (Å²) >= 11 is 0. The van der Waals surface area contributed by atoms with Crippen LogP contribution in [-0.2, 0) is 9.53 Å². The van der Waals surface area contributed by atoms with E-state index in [4.69, 9.17) is 10.00 Å². The maximum atomic E-state index is 11.0. The van der Waals surface area contributed by atoms with Crippen LogP contribution in [0.3, 0.4) is 0 Å². The number of nitriles is 1. The number of rotatable bonds is 8. The number of aromatic amines is 1. The van der Waals surface area contributed by atoms with Crippen LogP contribution in [0.15, 0.2) is 18.6 Å². The summed E-state index contributed by atoms with van der Waals surface area (Å²) in [7, 11) is 0. The topological polar surface area (TPSA) is 110 Å². The average molecular weight is 369 g/mol. The van der Waals surface area contributed by atoms with Gasteiger partial charge < -0.3 is 14.6 Å². The van der Waals surface area contributed by atoms with Gasteiger partial charge in [0.1, 0.15) is 17.8 Å². The number of anilines is 1. The Balaban J connectivity index is 1.48. The first kappa shape index (κ1) is 17.7. The molecule has 1 atom stereocenters. The van der Waals surface area contributed by atoms with E-state index in [0.717, 1.165) is 55.7 Å². The molecule has 0 bridgehead atoms. The number of ether oxygens (including phenoxy) is 1. The number of nitrogens with one attached hydrogen (secondary N) is 2. The fourth-order valence-electron chi connectivity index (χ4n) is 3.92. The van der Waals surface area contributed by atoms with Gasteiger partial charge >= 0.3 is 0 Å². The first-order chi connectivity index (χ1) is 13.3. The Labute approximate surface area is 157 Å². The zero-order valence-corrected chi connectivity index (χ0v) is 15.1. The molecule has 1 spiro atoms. The molecule has 142 valence electrons. The Bertz CT molecular complexity index is 842. The number of piperazine rings is 1. The van der Waals surface area contributed by atoms with Crippen LogP contribution in [0.1, 0.15) is 25.7 Å². The molecule has 1 unspecified atom stereocenters. The van der Waals surface area contributed by atoms with Gasteiger partial charge in [0.05, 0.1) is 11.5 Å². The number of hydrogen-bond donors (Lipinski definition) is 2. The molecule has 2 aromatic rings. The van der Waals surface area contributed by atoms with Crippen LogP contribution in [0.4, 0.5) is 5.82 Å². The predicted molar refractivity (Wildman–Crippen MR) is 98.6 cm³/mol. The minimum Gasteiger partial charge on any atom is -0.435 e. The zero-order chi connectivity index (χ0) is 18.7. The summed E-state index contributed by atoms with van der Waals surface area (Å²) in [4.78, 5) is 27.5. The molecule has 1 saturated carbocycles.